The monoisotopic (exact) mass is 684 g/mol. The van der Waals surface area contributed by atoms with Crippen molar-refractivity contribution in [1.82, 2.24) is 4.98 Å². The lowest BCUT2D eigenvalue weighted by Gasteiger charge is -2.26. The van der Waals surface area contributed by atoms with Crippen LogP contribution >= 0.6 is 11.3 Å². The third-order valence-corrected chi connectivity index (χ3v) is 11.3. The second-order valence-corrected chi connectivity index (χ2v) is 14.2. The Bertz CT molecular complexity index is 3130. The van der Waals surface area contributed by atoms with Gasteiger partial charge in [0.2, 0.25) is 5.89 Å². The molecular formula is C47H28N2O2S. The van der Waals surface area contributed by atoms with Gasteiger partial charge in [0, 0.05) is 49.2 Å². The van der Waals surface area contributed by atoms with E-state index >= 15 is 0 Å². The Labute approximate surface area is 302 Å². The summed E-state index contributed by atoms with van der Waals surface area (Å²) in [6, 6.07) is 59.9. The quantitative estimate of drug-likeness (QED) is 0.181. The number of hydrogen-bond donors (Lipinski definition) is 0. The van der Waals surface area contributed by atoms with Crippen LogP contribution in [0.1, 0.15) is 0 Å². The predicted molar refractivity (Wildman–Crippen MR) is 217 cm³/mol. The molecule has 3 aromatic heterocycles. The summed E-state index contributed by atoms with van der Waals surface area (Å²) >= 11 is 1.84. The van der Waals surface area contributed by atoms with E-state index in [0.29, 0.717) is 11.5 Å². The highest BCUT2D eigenvalue weighted by Gasteiger charge is 2.21. The molecular weight excluding hydrogens is 657 g/mol. The fraction of sp³-hybridized carbons (Fsp3) is 0. The molecule has 0 fully saturated rings. The molecule has 0 radical (unpaired) electrons. The van der Waals surface area contributed by atoms with Gasteiger partial charge in [0.25, 0.3) is 0 Å². The van der Waals surface area contributed by atoms with E-state index in [2.05, 4.69) is 138 Å². The number of fused-ring (bicyclic) bond motifs is 8. The summed E-state index contributed by atoms with van der Waals surface area (Å²) < 4.78 is 15.1. The van der Waals surface area contributed by atoms with E-state index in [9.17, 15) is 0 Å². The van der Waals surface area contributed by atoms with E-state index in [0.717, 1.165) is 50.1 Å². The average Bonchev–Trinajstić information content (AvgIpc) is 3.91. The fourth-order valence-electron chi connectivity index (χ4n) is 7.63. The van der Waals surface area contributed by atoms with Crippen LogP contribution in [0.4, 0.5) is 17.1 Å². The summed E-state index contributed by atoms with van der Waals surface area (Å²) in [5.41, 5.74) is 9.71. The maximum atomic E-state index is 6.43. The number of nitrogens with zero attached hydrogens (tertiary/aromatic N) is 2. The molecule has 3 heterocycles. The lowest BCUT2D eigenvalue weighted by molar-refractivity contribution is 0.617. The Kier molecular flexibility index (Phi) is 6.39. The molecule has 0 amide bonds. The second kappa shape index (κ2) is 11.4. The van der Waals surface area contributed by atoms with Gasteiger partial charge < -0.3 is 13.7 Å². The van der Waals surface area contributed by atoms with Gasteiger partial charge in [-0.1, -0.05) is 103 Å². The molecule has 52 heavy (non-hydrogen) atoms. The lowest BCUT2D eigenvalue weighted by atomic mass is 9.98. The third kappa shape index (κ3) is 4.57. The number of thiophene rings is 1. The molecule has 0 saturated heterocycles. The molecule has 0 spiro atoms. The normalized spacial score (nSPS) is 11.8. The molecule has 244 valence electrons. The van der Waals surface area contributed by atoms with Crippen molar-refractivity contribution < 1.29 is 8.83 Å². The molecule has 11 aromatic rings. The molecule has 0 saturated carbocycles. The molecule has 0 aliphatic carbocycles. The van der Waals surface area contributed by atoms with Gasteiger partial charge in [-0.05, 0) is 82.6 Å². The molecule has 0 N–H and O–H groups in total. The van der Waals surface area contributed by atoms with Crippen molar-refractivity contribution in [1.29, 1.82) is 0 Å². The summed E-state index contributed by atoms with van der Waals surface area (Å²) in [5.74, 6) is 0.600. The molecule has 8 aromatic carbocycles. The van der Waals surface area contributed by atoms with Crippen LogP contribution in [0.3, 0.4) is 0 Å². The molecule has 0 bridgehead atoms. The van der Waals surface area contributed by atoms with E-state index in [4.69, 9.17) is 13.8 Å². The van der Waals surface area contributed by atoms with Crippen molar-refractivity contribution in [2.75, 3.05) is 4.90 Å². The highest BCUT2D eigenvalue weighted by atomic mass is 32.1. The number of hydrogen-bond acceptors (Lipinski definition) is 5. The van der Waals surface area contributed by atoms with Crippen molar-refractivity contribution in [3.8, 4) is 22.6 Å². The van der Waals surface area contributed by atoms with Gasteiger partial charge in [-0.3, -0.25) is 0 Å². The molecule has 0 unspecified atom stereocenters. The molecule has 0 aliphatic heterocycles. The first-order valence-corrected chi connectivity index (χ1v) is 18.2. The first-order valence-electron chi connectivity index (χ1n) is 17.4. The van der Waals surface area contributed by atoms with Crippen molar-refractivity contribution in [2.24, 2.45) is 0 Å². The Balaban J connectivity index is 1.10. The standard InChI is InChI=1S/C47H28N2O2S/c1-2-11-31(12-3-1)47-48-40-27-39-38-26-33(24-25-42(38)50-43(39)28-44(40)51-47)49(41-18-9-17-37-36-15-6-7-19-45(36)52-46(37)41)32-22-20-30(21-23-32)35-16-8-13-29-10-4-5-14-34(29)35/h1-28H. The van der Waals surface area contributed by atoms with Gasteiger partial charge >= 0.3 is 0 Å². The predicted octanol–water partition coefficient (Wildman–Crippen LogP) is 14.1. The first-order chi connectivity index (χ1) is 25.7. The van der Waals surface area contributed by atoms with Gasteiger partial charge in [-0.15, -0.1) is 11.3 Å². The summed E-state index contributed by atoms with van der Waals surface area (Å²) in [6.45, 7) is 0. The lowest BCUT2D eigenvalue weighted by Crippen LogP contribution is -2.10. The number of aromatic nitrogens is 1. The van der Waals surface area contributed by atoms with Crippen LogP contribution in [-0.2, 0) is 0 Å². The molecule has 0 aliphatic rings. The van der Waals surface area contributed by atoms with Crippen molar-refractivity contribution in [3.63, 3.8) is 0 Å². The Hall–Kier alpha value is -6.69. The molecule has 0 atom stereocenters. The molecule has 4 nitrogen and oxygen atoms in total. The van der Waals surface area contributed by atoms with Crippen LogP contribution in [0, 0.1) is 0 Å². The zero-order chi connectivity index (χ0) is 34.2. The van der Waals surface area contributed by atoms with Crippen molar-refractivity contribution in [3.05, 3.63) is 170 Å². The maximum absolute atomic E-state index is 6.43. The minimum atomic E-state index is 0.600. The van der Waals surface area contributed by atoms with Crippen LogP contribution in [0.15, 0.2) is 179 Å². The third-order valence-electron chi connectivity index (χ3n) is 10.1. The van der Waals surface area contributed by atoms with E-state index < -0.39 is 0 Å². The topological polar surface area (TPSA) is 42.4 Å². The summed E-state index contributed by atoms with van der Waals surface area (Å²) in [6.07, 6.45) is 0. The molecule has 5 heteroatoms. The smallest absolute Gasteiger partial charge is 0.227 e. The zero-order valence-electron chi connectivity index (χ0n) is 27.8. The second-order valence-electron chi connectivity index (χ2n) is 13.1. The van der Waals surface area contributed by atoms with Crippen molar-refractivity contribution in [2.45, 2.75) is 0 Å². The fourth-order valence-corrected chi connectivity index (χ4v) is 8.84. The maximum Gasteiger partial charge on any atom is 0.227 e. The highest BCUT2D eigenvalue weighted by molar-refractivity contribution is 7.26. The number of oxazole rings is 1. The Morgan fingerprint density at radius 1 is 0.462 bits per heavy atom. The number of furan rings is 1. The largest absolute Gasteiger partial charge is 0.456 e. The number of anilines is 3. The van der Waals surface area contributed by atoms with E-state index in [1.54, 1.807) is 0 Å². The van der Waals surface area contributed by atoms with E-state index in [1.807, 2.05) is 47.7 Å². The van der Waals surface area contributed by atoms with Crippen LogP contribution in [0.5, 0.6) is 0 Å². The summed E-state index contributed by atoms with van der Waals surface area (Å²) in [4.78, 5) is 7.24. The van der Waals surface area contributed by atoms with Gasteiger partial charge in [0.1, 0.15) is 16.7 Å². The summed E-state index contributed by atoms with van der Waals surface area (Å²) in [5, 5.41) is 7.05. The van der Waals surface area contributed by atoms with Crippen molar-refractivity contribution >= 4 is 92.4 Å². The number of rotatable bonds is 5. The van der Waals surface area contributed by atoms with Crippen LogP contribution in [0.2, 0.25) is 0 Å². The Morgan fingerprint density at radius 3 is 2.10 bits per heavy atom. The summed E-state index contributed by atoms with van der Waals surface area (Å²) in [7, 11) is 0. The molecule has 11 rings (SSSR count). The minimum Gasteiger partial charge on any atom is -0.456 e. The first kappa shape index (κ1) is 29.1. The van der Waals surface area contributed by atoms with Gasteiger partial charge in [0.15, 0.2) is 5.58 Å². The number of benzene rings is 8. The zero-order valence-corrected chi connectivity index (χ0v) is 28.6. The van der Waals surface area contributed by atoms with Crippen LogP contribution in [0.25, 0.3) is 86.6 Å². The van der Waals surface area contributed by atoms with Gasteiger partial charge in [-0.2, -0.15) is 0 Å². The SMILES string of the molecule is c1ccc(-c2nc3cc4c(cc3o2)oc2ccc(N(c3ccc(-c5cccc6ccccc56)cc3)c3cccc5c3sc3ccccc35)cc24)cc1. The average molecular weight is 685 g/mol. The minimum absolute atomic E-state index is 0.600. The van der Waals surface area contributed by atoms with Crippen LogP contribution < -0.4 is 4.90 Å². The van der Waals surface area contributed by atoms with E-state index in [1.165, 1.54) is 42.1 Å². The van der Waals surface area contributed by atoms with Gasteiger partial charge in [-0.25, -0.2) is 4.98 Å². The van der Waals surface area contributed by atoms with Gasteiger partial charge in [0.05, 0.1) is 10.4 Å². The highest BCUT2D eigenvalue weighted by Crippen LogP contribution is 2.46. The van der Waals surface area contributed by atoms with E-state index in [-0.39, 0.29) is 0 Å². The van der Waals surface area contributed by atoms with Crippen LogP contribution in [-0.4, -0.2) is 4.98 Å². The Morgan fingerprint density at radius 2 is 1.19 bits per heavy atom.